The predicted molar refractivity (Wildman–Crippen MR) is 80.7 cm³/mol. The molecular weight excluding hydrogens is 274 g/mol. The lowest BCUT2D eigenvalue weighted by Crippen LogP contribution is -2.37. The van der Waals surface area contributed by atoms with Gasteiger partial charge in [0.2, 0.25) is 11.9 Å². The summed E-state index contributed by atoms with van der Waals surface area (Å²) in [5.41, 5.74) is 0. The number of ether oxygens (including phenoxy) is 1. The summed E-state index contributed by atoms with van der Waals surface area (Å²) in [6.07, 6.45) is 0.966. The first-order valence-corrected chi connectivity index (χ1v) is 6.79. The van der Waals surface area contributed by atoms with E-state index < -0.39 is 0 Å². The Labute approximate surface area is 124 Å². The Kier molecular flexibility index (Phi) is 6.99. The first kappa shape index (κ1) is 16.7. The minimum absolute atomic E-state index is 0.143. The predicted octanol–water partition coefficient (Wildman–Crippen LogP) is 0.385. The summed E-state index contributed by atoms with van der Waals surface area (Å²) in [6.45, 7) is 3.78. The monoisotopic (exact) mass is 297 g/mol. The molecule has 0 aliphatic carbocycles. The quantitative estimate of drug-likeness (QED) is 0.596. The molecule has 21 heavy (non-hydrogen) atoms. The molecule has 0 saturated carbocycles. The zero-order valence-electron chi connectivity index (χ0n) is 12.9. The molecule has 0 aromatic carbocycles. The Morgan fingerprint density at radius 2 is 1.71 bits per heavy atom. The van der Waals surface area contributed by atoms with E-state index in [4.69, 9.17) is 4.74 Å². The van der Waals surface area contributed by atoms with Gasteiger partial charge in [-0.15, -0.1) is 0 Å². The number of aromatic nitrogens is 3. The third-order valence-corrected chi connectivity index (χ3v) is 2.42. The van der Waals surface area contributed by atoms with Gasteiger partial charge in [-0.2, -0.15) is 15.0 Å². The second-order valence-corrected chi connectivity index (χ2v) is 4.45. The maximum atomic E-state index is 11.3. The van der Waals surface area contributed by atoms with Gasteiger partial charge in [-0.1, -0.05) is 6.92 Å². The third kappa shape index (κ3) is 6.11. The zero-order valence-corrected chi connectivity index (χ0v) is 12.9. The van der Waals surface area contributed by atoms with Crippen molar-refractivity contribution in [1.29, 1.82) is 0 Å². The second kappa shape index (κ2) is 8.77. The van der Waals surface area contributed by atoms with Crippen LogP contribution in [0.2, 0.25) is 0 Å². The van der Waals surface area contributed by atoms with Gasteiger partial charge in [0, 0.05) is 33.7 Å². The van der Waals surface area contributed by atoms with Crippen LogP contribution in [-0.4, -0.2) is 66.7 Å². The summed E-state index contributed by atoms with van der Waals surface area (Å²) >= 11 is 0. The van der Waals surface area contributed by atoms with E-state index in [1.807, 2.05) is 0 Å². The van der Waals surface area contributed by atoms with Crippen molar-refractivity contribution < 1.29 is 9.53 Å². The van der Waals surface area contributed by atoms with E-state index in [0.29, 0.717) is 25.0 Å². The molecule has 0 atom stereocenters. The Morgan fingerprint density at radius 1 is 1.10 bits per heavy atom. The van der Waals surface area contributed by atoms with Crippen molar-refractivity contribution in [1.82, 2.24) is 25.2 Å². The van der Waals surface area contributed by atoms with Crippen LogP contribution in [0.1, 0.15) is 13.3 Å². The zero-order chi connectivity index (χ0) is 15.7. The van der Waals surface area contributed by atoms with Crippen LogP contribution in [0.25, 0.3) is 0 Å². The normalized spacial score (nSPS) is 9.90. The van der Waals surface area contributed by atoms with E-state index in [2.05, 4.69) is 37.8 Å². The minimum Gasteiger partial charge on any atom is -0.467 e. The average Bonchev–Trinajstić information content (AvgIpc) is 2.48. The molecule has 0 saturated heterocycles. The standard InChI is InChI=1S/C12H23N7O2/c1-5-6-13-9-16-10(18-11(17-9)21-4)14-7-8-15-12(20)19(2)3/h5-8H2,1-4H3,(H,15,20)(H2,13,14,16,17,18). The molecule has 2 amide bonds. The number of carbonyl (C=O) groups excluding carboxylic acids is 1. The van der Waals surface area contributed by atoms with Gasteiger partial charge < -0.3 is 25.6 Å². The van der Waals surface area contributed by atoms with Crippen molar-refractivity contribution in [3.05, 3.63) is 0 Å². The van der Waals surface area contributed by atoms with Crippen LogP contribution in [0, 0.1) is 0 Å². The van der Waals surface area contributed by atoms with E-state index in [-0.39, 0.29) is 12.0 Å². The van der Waals surface area contributed by atoms with Crippen molar-refractivity contribution in [2.75, 3.05) is 51.5 Å². The minimum atomic E-state index is -0.143. The number of nitrogens with zero attached hydrogens (tertiary/aromatic N) is 4. The van der Waals surface area contributed by atoms with Crippen LogP contribution in [0.5, 0.6) is 6.01 Å². The number of hydrogen-bond acceptors (Lipinski definition) is 7. The SMILES string of the molecule is CCCNc1nc(NCCNC(=O)N(C)C)nc(OC)n1. The van der Waals surface area contributed by atoms with Crippen LogP contribution in [0.4, 0.5) is 16.7 Å². The van der Waals surface area contributed by atoms with Crippen LogP contribution >= 0.6 is 0 Å². The molecule has 1 heterocycles. The van der Waals surface area contributed by atoms with Crippen molar-refractivity contribution in [3.63, 3.8) is 0 Å². The van der Waals surface area contributed by atoms with Gasteiger partial charge >= 0.3 is 12.0 Å². The molecule has 9 heteroatoms. The highest BCUT2D eigenvalue weighted by atomic mass is 16.5. The van der Waals surface area contributed by atoms with E-state index in [1.54, 1.807) is 14.1 Å². The fourth-order valence-corrected chi connectivity index (χ4v) is 1.34. The number of amides is 2. The Balaban J connectivity index is 2.51. The van der Waals surface area contributed by atoms with Gasteiger partial charge in [0.1, 0.15) is 0 Å². The summed E-state index contributed by atoms with van der Waals surface area (Å²) in [7, 11) is 4.87. The number of hydrogen-bond donors (Lipinski definition) is 3. The highest BCUT2D eigenvalue weighted by Crippen LogP contribution is 2.10. The smallest absolute Gasteiger partial charge is 0.322 e. The largest absolute Gasteiger partial charge is 0.467 e. The Bertz CT molecular complexity index is 453. The van der Waals surface area contributed by atoms with Crippen molar-refractivity contribution in [2.24, 2.45) is 0 Å². The number of rotatable bonds is 8. The number of urea groups is 1. The fourth-order valence-electron chi connectivity index (χ4n) is 1.34. The maximum Gasteiger partial charge on any atom is 0.322 e. The number of nitrogens with one attached hydrogen (secondary N) is 3. The van der Waals surface area contributed by atoms with E-state index in [9.17, 15) is 4.79 Å². The molecule has 0 aliphatic rings. The molecule has 1 aromatic heterocycles. The number of methoxy groups -OCH3 is 1. The third-order valence-electron chi connectivity index (χ3n) is 2.42. The van der Waals surface area contributed by atoms with Crippen molar-refractivity contribution in [2.45, 2.75) is 13.3 Å². The number of anilines is 2. The highest BCUT2D eigenvalue weighted by Gasteiger charge is 2.06. The van der Waals surface area contributed by atoms with Gasteiger partial charge in [-0.25, -0.2) is 4.79 Å². The number of carbonyl (C=O) groups is 1. The topological polar surface area (TPSA) is 104 Å². The first-order valence-electron chi connectivity index (χ1n) is 6.79. The molecule has 1 rings (SSSR count). The summed E-state index contributed by atoms with van der Waals surface area (Å²) in [5.74, 6) is 0.864. The molecule has 9 nitrogen and oxygen atoms in total. The highest BCUT2D eigenvalue weighted by molar-refractivity contribution is 5.73. The molecule has 118 valence electrons. The average molecular weight is 297 g/mol. The van der Waals surface area contributed by atoms with Gasteiger partial charge in [-0.3, -0.25) is 0 Å². The maximum absolute atomic E-state index is 11.3. The summed E-state index contributed by atoms with van der Waals surface area (Å²) in [4.78, 5) is 25.2. The molecular formula is C12H23N7O2. The van der Waals surface area contributed by atoms with Gasteiger partial charge in [0.05, 0.1) is 7.11 Å². The van der Waals surface area contributed by atoms with Crippen LogP contribution in [-0.2, 0) is 0 Å². The van der Waals surface area contributed by atoms with E-state index >= 15 is 0 Å². The first-order chi connectivity index (χ1) is 10.1. The summed E-state index contributed by atoms with van der Waals surface area (Å²) in [6, 6.07) is 0.0961. The molecule has 0 radical (unpaired) electrons. The molecule has 3 N–H and O–H groups in total. The van der Waals surface area contributed by atoms with E-state index in [1.165, 1.54) is 12.0 Å². The van der Waals surface area contributed by atoms with Gasteiger partial charge in [-0.05, 0) is 6.42 Å². The molecule has 0 unspecified atom stereocenters. The molecule has 1 aromatic rings. The van der Waals surface area contributed by atoms with Crippen LogP contribution in [0.15, 0.2) is 0 Å². The van der Waals surface area contributed by atoms with E-state index in [0.717, 1.165) is 13.0 Å². The molecule has 0 bridgehead atoms. The van der Waals surface area contributed by atoms with Crippen molar-refractivity contribution in [3.8, 4) is 6.01 Å². The molecule has 0 aliphatic heterocycles. The lowest BCUT2D eigenvalue weighted by Gasteiger charge is -2.12. The molecule has 0 spiro atoms. The van der Waals surface area contributed by atoms with Gasteiger partial charge in [0.15, 0.2) is 0 Å². The summed E-state index contributed by atoms with van der Waals surface area (Å²) in [5, 5.41) is 8.83. The fraction of sp³-hybridized carbons (Fsp3) is 0.667. The van der Waals surface area contributed by atoms with Crippen molar-refractivity contribution >= 4 is 17.9 Å². The van der Waals surface area contributed by atoms with Crippen LogP contribution in [0.3, 0.4) is 0 Å². The Morgan fingerprint density at radius 3 is 2.24 bits per heavy atom. The lowest BCUT2D eigenvalue weighted by molar-refractivity contribution is 0.218. The summed E-state index contributed by atoms with van der Waals surface area (Å²) < 4.78 is 5.03. The van der Waals surface area contributed by atoms with Gasteiger partial charge in [0.25, 0.3) is 0 Å². The second-order valence-electron chi connectivity index (χ2n) is 4.45. The van der Waals surface area contributed by atoms with Crippen LogP contribution < -0.4 is 20.7 Å². The molecule has 0 fully saturated rings. The lowest BCUT2D eigenvalue weighted by atomic mass is 10.5. The Hall–Kier alpha value is -2.32.